The van der Waals surface area contributed by atoms with E-state index in [4.69, 9.17) is 0 Å². The molecule has 0 spiro atoms. The molecule has 0 saturated carbocycles. The lowest BCUT2D eigenvalue weighted by atomic mass is 9.93. The smallest absolute Gasteiger partial charge is 0.122 e. The van der Waals surface area contributed by atoms with E-state index in [0.29, 0.717) is 0 Å². The Kier molecular flexibility index (Phi) is 3.42. The van der Waals surface area contributed by atoms with Gasteiger partial charge in [-0.3, -0.25) is 0 Å². The summed E-state index contributed by atoms with van der Waals surface area (Å²) in [5, 5.41) is 28.3. The molecule has 3 heteroatoms. The monoisotopic (exact) mass is 244 g/mol. The Morgan fingerprint density at radius 1 is 0.889 bits per heavy atom. The van der Waals surface area contributed by atoms with Crippen molar-refractivity contribution in [1.82, 2.24) is 0 Å². The first-order chi connectivity index (χ1) is 8.56. The molecule has 0 fully saturated rings. The van der Waals surface area contributed by atoms with Gasteiger partial charge in [-0.05, 0) is 41.7 Å². The summed E-state index contributed by atoms with van der Waals surface area (Å²) < 4.78 is 0. The van der Waals surface area contributed by atoms with Gasteiger partial charge >= 0.3 is 0 Å². The van der Waals surface area contributed by atoms with Gasteiger partial charge in [0.1, 0.15) is 17.2 Å². The summed E-state index contributed by atoms with van der Waals surface area (Å²) in [6.07, 6.45) is 0.763. The quantitative estimate of drug-likeness (QED) is 0.777. The molecular formula is C15H16O3. The number of hydrogen-bond donors (Lipinski definition) is 3. The van der Waals surface area contributed by atoms with E-state index in [1.807, 2.05) is 19.1 Å². The summed E-state index contributed by atoms with van der Waals surface area (Å²) in [4.78, 5) is 0. The molecule has 0 amide bonds. The molecule has 2 aromatic carbocycles. The molecule has 1 unspecified atom stereocenters. The first kappa shape index (κ1) is 12.3. The van der Waals surface area contributed by atoms with Gasteiger partial charge < -0.3 is 15.3 Å². The van der Waals surface area contributed by atoms with Crippen LogP contribution in [0.5, 0.6) is 17.2 Å². The van der Waals surface area contributed by atoms with Gasteiger partial charge in [0.15, 0.2) is 0 Å². The number of benzene rings is 2. The Hall–Kier alpha value is -2.16. The van der Waals surface area contributed by atoms with E-state index in [0.717, 1.165) is 17.5 Å². The summed E-state index contributed by atoms with van der Waals surface area (Å²) in [5.74, 6) is 0.559. The van der Waals surface area contributed by atoms with Crippen molar-refractivity contribution >= 4 is 0 Å². The molecule has 18 heavy (non-hydrogen) atoms. The Morgan fingerprint density at radius 3 is 2.11 bits per heavy atom. The number of rotatable bonds is 3. The SMILES string of the molecule is CC(Cc1ccc(O)cc1)c1ccc(O)cc1O. The zero-order valence-electron chi connectivity index (χ0n) is 10.2. The van der Waals surface area contributed by atoms with Crippen LogP contribution >= 0.6 is 0 Å². The molecular weight excluding hydrogens is 228 g/mol. The highest BCUT2D eigenvalue weighted by atomic mass is 16.3. The van der Waals surface area contributed by atoms with Crippen LogP contribution < -0.4 is 0 Å². The summed E-state index contributed by atoms with van der Waals surface area (Å²) in [7, 11) is 0. The van der Waals surface area contributed by atoms with E-state index in [9.17, 15) is 15.3 Å². The zero-order chi connectivity index (χ0) is 13.1. The van der Waals surface area contributed by atoms with Gasteiger partial charge in [0.05, 0.1) is 0 Å². The van der Waals surface area contributed by atoms with Crippen molar-refractivity contribution in [3.63, 3.8) is 0 Å². The predicted molar refractivity (Wildman–Crippen MR) is 70.0 cm³/mol. The fraction of sp³-hybridized carbons (Fsp3) is 0.200. The maximum atomic E-state index is 9.78. The minimum absolute atomic E-state index is 0.0630. The van der Waals surface area contributed by atoms with Crippen LogP contribution in [0.25, 0.3) is 0 Å². The third kappa shape index (κ3) is 2.74. The molecule has 0 aliphatic rings. The van der Waals surface area contributed by atoms with Crippen LogP contribution in [0, 0.1) is 0 Å². The second kappa shape index (κ2) is 5.00. The molecule has 1 atom stereocenters. The molecule has 2 rings (SSSR count). The highest BCUT2D eigenvalue weighted by Gasteiger charge is 2.11. The van der Waals surface area contributed by atoms with Gasteiger partial charge in [-0.25, -0.2) is 0 Å². The van der Waals surface area contributed by atoms with Crippen LogP contribution in [-0.2, 0) is 6.42 Å². The fourth-order valence-corrected chi connectivity index (χ4v) is 2.04. The summed E-state index contributed by atoms with van der Waals surface area (Å²) in [5.41, 5.74) is 1.90. The topological polar surface area (TPSA) is 60.7 Å². The van der Waals surface area contributed by atoms with Gasteiger partial charge in [0.25, 0.3) is 0 Å². The van der Waals surface area contributed by atoms with Gasteiger partial charge in [-0.1, -0.05) is 25.1 Å². The maximum Gasteiger partial charge on any atom is 0.122 e. The van der Waals surface area contributed by atoms with Crippen LogP contribution in [0.2, 0.25) is 0 Å². The summed E-state index contributed by atoms with van der Waals surface area (Å²) in [6, 6.07) is 11.7. The molecule has 3 N–H and O–H groups in total. The molecule has 0 bridgehead atoms. The fourth-order valence-electron chi connectivity index (χ4n) is 2.04. The minimum Gasteiger partial charge on any atom is -0.508 e. The largest absolute Gasteiger partial charge is 0.508 e. The van der Waals surface area contributed by atoms with Gasteiger partial charge in [0, 0.05) is 6.07 Å². The Balaban J connectivity index is 2.16. The van der Waals surface area contributed by atoms with Crippen molar-refractivity contribution in [3.05, 3.63) is 53.6 Å². The second-order valence-corrected chi connectivity index (χ2v) is 4.51. The predicted octanol–water partition coefficient (Wildman–Crippen LogP) is 3.15. The van der Waals surface area contributed by atoms with E-state index in [1.165, 1.54) is 6.07 Å². The average Bonchev–Trinajstić information content (AvgIpc) is 2.32. The van der Waals surface area contributed by atoms with E-state index in [1.54, 1.807) is 24.3 Å². The summed E-state index contributed by atoms with van der Waals surface area (Å²) >= 11 is 0. The lowest BCUT2D eigenvalue weighted by molar-refractivity contribution is 0.442. The van der Waals surface area contributed by atoms with Gasteiger partial charge in [0.2, 0.25) is 0 Å². The Bertz CT molecular complexity index is 532. The third-order valence-corrected chi connectivity index (χ3v) is 3.02. The molecule has 3 nitrogen and oxygen atoms in total. The van der Waals surface area contributed by atoms with Gasteiger partial charge in [-0.15, -0.1) is 0 Å². The van der Waals surface area contributed by atoms with Gasteiger partial charge in [-0.2, -0.15) is 0 Å². The van der Waals surface area contributed by atoms with E-state index in [-0.39, 0.29) is 23.2 Å². The van der Waals surface area contributed by atoms with Crippen molar-refractivity contribution in [2.75, 3.05) is 0 Å². The van der Waals surface area contributed by atoms with Crippen molar-refractivity contribution < 1.29 is 15.3 Å². The normalized spacial score (nSPS) is 12.3. The second-order valence-electron chi connectivity index (χ2n) is 4.51. The molecule has 0 aliphatic heterocycles. The van der Waals surface area contributed by atoms with Crippen LogP contribution in [-0.4, -0.2) is 15.3 Å². The molecule has 0 aliphatic carbocycles. The lowest BCUT2D eigenvalue weighted by Gasteiger charge is -2.14. The third-order valence-electron chi connectivity index (χ3n) is 3.02. The lowest BCUT2D eigenvalue weighted by Crippen LogP contribution is -1.98. The standard InChI is InChI=1S/C15H16O3/c1-10(8-11-2-4-12(16)5-3-11)14-7-6-13(17)9-15(14)18/h2-7,9-10,16-18H,8H2,1H3. The highest BCUT2D eigenvalue weighted by molar-refractivity contribution is 5.41. The van der Waals surface area contributed by atoms with Crippen molar-refractivity contribution in [2.45, 2.75) is 19.3 Å². The molecule has 0 aromatic heterocycles. The first-order valence-corrected chi connectivity index (χ1v) is 5.86. The Labute approximate surface area is 106 Å². The van der Waals surface area contributed by atoms with Crippen molar-refractivity contribution in [2.24, 2.45) is 0 Å². The molecule has 0 heterocycles. The maximum absolute atomic E-state index is 9.78. The van der Waals surface area contributed by atoms with E-state index < -0.39 is 0 Å². The average molecular weight is 244 g/mol. The molecule has 2 aromatic rings. The number of phenols is 3. The van der Waals surface area contributed by atoms with Crippen LogP contribution in [0.4, 0.5) is 0 Å². The highest BCUT2D eigenvalue weighted by Crippen LogP contribution is 2.31. The van der Waals surface area contributed by atoms with E-state index in [2.05, 4.69) is 0 Å². The van der Waals surface area contributed by atoms with Crippen LogP contribution in [0.1, 0.15) is 24.0 Å². The van der Waals surface area contributed by atoms with E-state index >= 15 is 0 Å². The molecule has 94 valence electrons. The van der Waals surface area contributed by atoms with Crippen LogP contribution in [0.3, 0.4) is 0 Å². The molecule has 0 saturated heterocycles. The van der Waals surface area contributed by atoms with Crippen molar-refractivity contribution in [1.29, 1.82) is 0 Å². The number of hydrogen-bond acceptors (Lipinski definition) is 3. The molecule has 0 radical (unpaired) electrons. The summed E-state index contributed by atoms with van der Waals surface area (Å²) in [6.45, 7) is 2.01. The van der Waals surface area contributed by atoms with Crippen molar-refractivity contribution in [3.8, 4) is 17.2 Å². The minimum atomic E-state index is 0.0630. The Morgan fingerprint density at radius 2 is 1.50 bits per heavy atom. The van der Waals surface area contributed by atoms with Crippen LogP contribution in [0.15, 0.2) is 42.5 Å². The number of phenolic OH excluding ortho intramolecular Hbond substituents is 3. The number of aromatic hydroxyl groups is 3. The zero-order valence-corrected chi connectivity index (χ0v) is 10.2. The first-order valence-electron chi connectivity index (χ1n) is 5.86.